The number of rotatable bonds is 13. The van der Waals surface area contributed by atoms with Gasteiger partial charge in [0.2, 0.25) is 0 Å². The van der Waals surface area contributed by atoms with Crippen molar-refractivity contribution in [2.45, 2.75) is 72.4 Å². The molecule has 38 heavy (non-hydrogen) atoms. The van der Waals surface area contributed by atoms with E-state index in [9.17, 15) is 4.79 Å². The molecule has 0 aliphatic rings. The fourth-order valence-electron chi connectivity index (χ4n) is 4.82. The molecule has 0 radical (unpaired) electrons. The maximum absolute atomic E-state index is 13.9. The van der Waals surface area contributed by atoms with Gasteiger partial charge in [0.05, 0.1) is 19.8 Å². The smallest absolute Gasteiger partial charge is 0.336 e. The number of nitrogens with one attached hydrogen (secondary N) is 1. The average molecular weight is 518 g/mol. The molecule has 0 aliphatic heterocycles. The maximum atomic E-state index is 13.9. The Bertz CT molecular complexity index is 1170. The number of carbonyl (C=O) groups is 1. The van der Waals surface area contributed by atoms with E-state index < -0.39 is 5.54 Å². The average Bonchev–Trinajstić information content (AvgIpc) is 2.88. The van der Waals surface area contributed by atoms with Gasteiger partial charge in [-0.25, -0.2) is 4.79 Å². The first-order valence-electron chi connectivity index (χ1n) is 13.4. The lowest BCUT2D eigenvalue weighted by Gasteiger charge is -2.40. The molecule has 0 unspecified atom stereocenters. The standard InChI is InChI=1S/C33H43NO4/c1-24(2)38-31(35)33(27-12-9-8-10-13-27,34-28-16-18-29(36-7)19-17-28)23-32(5,6)20-11-21-37-30-22-25(3)14-15-26(30)4/h8-10,12-19,22,24,34H,11,20-21,23H2,1-7H3/t33-/m0/s1. The lowest BCUT2D eigenvalue weighted by atomic mass is 9.72. The second-order valence-electron chi connectivity index (χ2n) is 11.1. The van der Waals surface area contributed by atoms with Gasteiger partial charge in [-0.3, -0.25) is 0 Å². The van der Waals surface area contributed by atoms with E-state index >= 15 is 0 Å². The van der Waals surface area contributed by atoms with Gasteiger partial charge in [0.1, 0.15) is 11.5 Å². The Morgan fingerprint density at radius 2 is 1.63 bits per heavy atom. The first kappa shape index (κ1) is 29.1. The van der Waals surface area contributed by atoms with Crippen molar-refractivity contribution in [2.24, 2.45) is 5.41 Å². The summed E-state index contributed by atoms with van der Waals surface area (Å²) in [7, 11) is 1.64. The van der Waals surface area contributed by atoms with Crippen LogP contribution in [0.3, 0.4) is 0 Å². The Kier molecular flexibility index (Phi) is 9.84. The lowest BCUT2D eigenvalue weighted by Crippen LogP contribution is -2.48. The maximum Gasteiger partial charge on any atom is 0.336 e. The number of methoxy groups -OCH3 is 1. The molecule has 0 saturated heterocycles. The normalized spacial score (nSPS) is 13.1. The zero-order chi connectivity index (χ0) is 27.8. The van der Waals surface area contributed by atoms with Crippen LogP contribution in [0.1, 0.15) is 63.6 Å². The second kappa shape index (κ2) is 12.9. The number of carbonyl (C=O) groups excluding carboxylic acids is 1. The number of aryl methyl sites for hydroxylation is 2. The number of anilines is 1. The van der Waals surface area contributed by atoms with E-state index in [1.54, 1.807) is 7.11 Å². The minimum absolute atomic E-state index is 0.198. The molecular weight excluding hydrogens is 474 g/mol. The summed E-state index contributed by atoms with van der Waals surface area (Å²) in [6.07, 6.45) is 2.06. The topological polar surface area (TPSA) is 56.8 Å². The molecule has 1 atom stereocenters. The van der Waals surface area contributed by atoms with Gasteiger partial charge < -0.3 is 19.5 Å². The third-order valence-electron chi connectivity index (χ3n) is 6.75. The largest absolute Gasteiger partial charge is 0.497 e. The highest BCUT2D eigenvalue weighted by atomic mass is 16.5. The van der Waals surface area contributed by atoms with Crippen molar-refractivity contribution in [1.82, 2.24) is 0 Å². The van der Waals surface area contributed by atoms with E-state index in [-0.39, 0.29) is 17.5 Å². The van der Waals surface area contributed by atoms with E-state index in [1.165, 1.54) is 5.56 Å². The summed E-state index contributed by atoms with van der Waals surface area (Å²) in [5, 5.41) is 3.59. The van der Waals surface area contributed by atoms with Crippen LogP contribution in [0.5, 0.6) is 11.5 Å². The van der Waals surface area contributed by atoms with E-state index in [2.05, 4.69) is 51.2 Å². The number of hydrogen-bond donors (Lipinski definition) is 1. The summed E-state index contributed by atoms with van der Waals surface area (Å²) in [4.78, 5) is 13.9. The molecule has 5 nitrogen and oxygen atoms in total. The van der Waals surface area contributed by atoms with Crippen molar-refractivity contribution in [3.05, 3.63) is 89.5 Å². The predicted octanol–water partition coefficient (Wildman–Crippen LogP) is 7.85. The zero-order valence-corrected chi connectivity index (χ0v) is 24.0. The Morgan fingerprint density at radius 3 is 2.26 bits per heavy atom. The summed E-state index contributed by atoms with van der Waals surface area (Å²) in [6.45, 7) is 13.0. The van der Waals surface area contributed by atoms with Gasteiger partial charge in [-0.15, -0.1) is 0 Å². The van der Waals surface area contributed by atoms with Crippen LogP contribution in [0.2, 0.25) is 0 Å². The highest BCUT2D eigenvalue weighted by Gasteiger charge is 2.46. The van der Waals surface area contributed by atoms with Gasteiger partial charge in [0.25, 0.3) is 0 Å². The van der Waals surface area contributed by atoms with Crippen LogP contribution in [0, 0.1) is 19.3 Å². The van der Waals surface area contributed by atoms with E-state index in [4.69, 9.17) is 14.2 Å². The Hall–Kier alpha value is -3.47. The van der Waals surface area contributed by atoms with Crippen molar-refractivity contribution in [3.8, 4) is 11.5 Å². The molecule has 3 aromatic rings. The number of benzene rings is 3. The zero-order valence-electron chi connectivity index (χ0n) is 24.0. The monoisotopic (exact) mass is 517 g/mol. The summed E-state index contributed by atoms with van der Waals surface area (Å²) in [5.41, 5.74) is 2.75. The summed E-state index contributed by atoms with van der Waals surface area (Å²) >= 11 is 0. The SMILES string of the molecule is COc1ccc(N[C@](CC(C)(C)CCCOc2cc(C)ccc2C)(C(=O)OC(C)C)c2ccccc2)cc1. The fourth-order valence-corrected chi connectivity index (χ4v) is 4.82. The number of ether oxygens (including phenoxy) is 3. The Morgan fingerprint density at radius 1 is 0.947 bits per heavy atom. The van der Waals surface area contributed by atoms with Crippen molar-refractivity contribution in [2.75, 3.05) is 19.0 Å². The molecule has 5 heteroatoms. The van der Waals surface area contributed by atoms with Crippen LogP contribution in [-0.2, 0) is 15.1 Å². The molecule has 0 fully saturated rings. The van der Waals surface area contributed by atoms with E-state index in [0.29, 0.717) is 13.0 Å². The molecule has 0 spiro atoms. The number of hydrogen-bond acceptors (Lipinski definition) is 5. The number of esters is 1. The molecule has 0 amide bonds. The minimum atomic E-state index is -1.07. The lowest BCUT2D eigenvalue weighted by molar-refractivity contribution is -0.154. The van der Waals surface area contributed by atoms with Gasteiger partial charge in [-0.05, 0) is 99.4 Å². The molecular formula is C33H43NO4. The molecule has 0 saturated carbocycles. The van der Waals surface area contributed by atoms with Crippen LogP contribution in [0.4, 0.5) is 5.69 Å². The van der Waals surface area contributed by atoms with Gasteiger partial charge >= 0.3 is 5.97 Å². The summed E-state index contributed by atoms with van der Waals surface area (Å²) in [5.74, 6) is 1.41. The van der Waals surface area contributed by atoms with Gasteiger partial charge in [0, 0.05) is 5.69 Å². The van der Waals surface area contributed by atoms with Crippen molar-refractivity contribution >= 4 is 11.7 Å². The van der Waals surface area contributed by atoms with Crippen LogP contribution >= 0.6 is 0 Å². The molecule has 3 rings (SSSR count). The summed E-state index contributed by atoms with van der Waals surface area (Å²) < 4.78 is 17.4. The van der Waals surface area contributed by atoms with Crippen LogP contribution in [-0.4, -0.2) is 25.8 Å². The van der Waals surface area contributed by atoms with Gasteiger partial charge in [-0.1, -0.05) is 56.3 Å². The molecule has 1 N–H and O–H groups in total. The third kappa shape index (κ3) is 7.77. The molecule has 204 valence electrons. The van der Waals surface area contributed by atoms with Crippen molar-refractivity contribution < 1.29 is 19.0 Å². The van der Waals surface area contributed by atoms with Crippen LogP contribution < -0.4 is 14.8 Å². The highest BCUT2D eigenvalue weighted by Crippen LogP contribution is 2.42. The van der Waals surface area contributed by atoms with Crippen LogP contribution in [0.15, 0.2) is 72.8 Å². The molecule has 0 bridgehead atoms. The van der Waals surface area contributed by atoms with E-state index in [0.717, 1.165) is 41.2 Å². The molecule has 3 aromatic carbocycles. The first-order chi connectivity index (χ1) is 18.0. The van der Waals surface area contributed by atoms with Crippen LogP contribution in [0.25, 0.3) is 0 Å². The molecule has 0 aliphatic carbocycles. The molecule has 0 heterocycles. The minimum Gasteiger partial charge on any atom is -0.497 e. The predicted molar refractivity (Wildman–Crippen MR) is 155 cm³/mol. The Labute approximate surface area is 228 Å². The quantitative estimate of drug-likeness (QED) is 0.185. The molecule has 0 aromatic heterocycles. The Balaban J connectivity index is 1.87. The third-order valence-corrected chi connectivity index (χ3v) is 6.75. The van der Waals surface area contributed by atoms with Gasteiger partial charge in [-0.2, -0.15) is 0 Å². The van der Waals surface area contributed by atoms with Crippen molar-refractivity contribution in [3.63, 3.8) is 0 Å². The fraction of sp³-hybridized carbons (Fsp3) is 0.424. The van der Waals surface area contributed by atoms with Crippen molar-refractivity contribution in [1.29, 1.82) is 0 Å². The second-order valence-corrected chi connectivity index (χ2v) is 11.1. The van der Waals surface area contributed by atoms with E-state index in [1.807, 2.05) is 68.4 Å². The highest BCUT2D eigenvalue weighted by molar-refractivity contribution is 5.86. The first-order valence-corrected chi connectivity index (χ1v) is 13.4. The van der Waals surface area contributed by atoms with Gasteiger partial charge in [0.15, 0.2) is 5.54 Å². The summed E-state index contributed by atoms with van der Waals surface area (Å²) in [6, 6.07) is 23.8.